The van der Waals surface area contributed by atoms with Crippen LogP contribution in [0.2, 0.25) is 5.02 Å². The molecule has 0 bridgehead atoms. The van der Waals surface area contributed by atoms with E-state index in [2.05, 4.69) is 15.6 Å². The number of hydrogen-bond donors (Lipinski definition) is 2. The van der Waals surface area contributed by atoms with Crippen LogP contribution in [0.5, 0.6) is 0 Å². The molecule has 1 aromatic carbocycles. The molecule has 1 heterocycles. The minimum Gasteiger partial charge on any atom is -0.350 e. The molecular formula is C19H22ClN3O2. The lowest BCUT2D eigenvalue weighted by atomic mass is 10.1. The number of halogens is 1. The zero-order chi connectivity index (χ0) is 18.4. The summed E-state index contributed by atoms with van der Waals surface area (Å²) >= 11 is 5.94. The molecule has 5 nitrogen and oxygen atoms in total. The number of hydrogen-bond acceptors (Lipinski definition) is 3. The first-order valence-corrected chi connectivity index (χ1v) is 8.44. The molecule has 0 atom stereocenters. The fraction of sp³-hybridized carbons (Fsp3) is 0.316. The van der Waals surface area contributed by atoms with Crippen LogP contribution >= 0.6 is 11.6 Å². The summed E-state index contributed by atoms with van der Waals surface area (Å²) in [6, 6.07) is 12.3. The van der Waals surface area contributed by atoms with E-state index < -0.39 is 0 Å². The molecule has 2 rings (SSSR count). The quantitative estimate of drug-likeness (QED) is 0.860. The third kappa shape index (κ3) is 6.19. The number of aromatic nitrogens is 1. The third-order valence-corrected chi connectivity index (χ3v) is 3.53. The van der Waals surface area contributed by atoms with Gasteiger partial charge in [-0.05, 0) is 57.0 Å². The monoisotopic (exact) mass is 359 g/mol. The Morgan fingerprint density at radius 1 is 1.04 bits per heavy atom. The van der Waals surface area contributed by atoms with Gasteiger partial charge in [0.25, 0.3) is 11.8 Å². The number of carbonyl (C=O) groups is 2. The second-order valence-corrected chi connectivity index (χ2v) is 7.18. The molecule has 25 heavy (non-hydrogen) atoms. The van der Waals surface area contributed by atoms with Gasteiger partial charge in [-0.25, -0.2) is 4.98 Å². The summed E-state index contributed by atoms with van der Waals surface area (Å²) in [7, 11) is 0. The first-order chi connectivity index (χ1) is 11.7. The lowest BCUT2D eigenvalue weighted by Gasteiger charge is -2.20. The SMILES string of the molecule is CC(C)(C)NC(=O)c1cccc(C(=O)NCCc2cccc(Cl)c2)n1. The van der Waals surface area contributed by atoms with Crippen molar-refractivity contribution >= 4 is 23.4 Å². The number of nitrogens with zero attached hydrogens (tertiary/aromatic N) is 1. The molecule has 0 unspecified atom stereocenters. The molecule has 0 saturated heterocycles. The summed E-state index contributed by atoms with van der Waals surface area (Å²) in [6.45, 7) is 6.12. The predicted molar refractivity (Wildman–Crippen MR) is 98.9 cm³/mol. The van der Waals surface area contributed by atoms with Crippen molar-refractivity contribution in [3.63, 3.8) is 0 Å². The van der Waals surface area contributed by atoms with Gasteiger partial charge in [0, 0.05) is 17.1 Å². The fourth-order valence-electron chi connectivity index (χ4n) is 2.20. The van der Waals surface area contributed by atoms with E-state index in [9.17, 15) is 9.59 Å². The predicted octanol–water partition coefficient (Wildman–Crippen LogP) is 3.24. The van der Waals surface area contributed by atoms with Crippen LogP contribution in [0.15, 0.2) is 42.5 Å². The summed E-state index contributed by atoms with van der Waals surface area (Å²) in [5.41, 5.74) is 1.11. The van der Waals surface area contributed by atoms with Crippen molar-refractivity contribution in [2.24, 2.45) is 0 Å². The minimum absolute atomic E-state index is 0.215. The lowest BCUT2D eigenvalue weighted by molar-refractivity contribution is 0.0914. The maximum absolute atomic E-state index is 12.2. The molecule has 0 aliphatic heterocycles. The molecule has 0 fully saturated rings. The zero-order valence-corrected chi connectivity index (χ0v) is 15.4. The third-order valence-electron chi connectivity index (χ3n) is 3.29. The van der Waals surface area contributed by atoms with E-state index in [-0.39, 0.29) is 28.7 Å². The summed E-state index contributed by atoms with van der Waals surface area (Å²) in [6.07, 6.45) is 0.663. The molecule has 1 aromatic heterocycles. The van der Waals surface area contributed by atoms with Crippen molar-refractivity contribution in [2.45, 2.75) is 32.7 Å². The smallest absolute Gasteiger partial charge is 0.270 e. The van der Waals surface area contributed by atoms with Crippen LogP contribution < -0.4 is 10.6 Å². The molecule has 0 spiro atoms. The van der Waals surface area contributed by atoms with Crippen LogP contribution in [-0.4, -0.2) is 28.9 Å². The molecule has 6 heteroatoms. The Balaban J connectivity index is 1.95. The van der Waals surface area contributed by atoms with Crippen LogP contribution in [0.1, 0.15) is 47.3 Å². The highest BCUT2D eigenvalue weighted by Crippen LogP contribution is 2.10. The maximum Gasteiger partial charge on any atom is 0.270 e. The Morgan fingerprint density at radius 3 is 2.32 bits per heavy atom. The molecule has 2 aromatic rings. The van der Waals surface area contributed by atoms with E-state index >= 15 is 0 Å². The van der Waals surface area contributed by atoms with Crippen LogP contribution in [0.25, 0.3) is 0 Å². The highest BCUT2D eigenvalue weighted by atomic mass is 35.5. The van der Waals surface area contributed by atoms with Gasteiger partial charge in [-0.2, -0.15) is 0 Å². The number of pyridine rings is 1. The van der Waals surface area contributed by atoms with Crippen molar-refractivity contribution in [1.29, 1.82) is 0 Å². The summed E-state index contributed by atoms with van der Waals surface area (Å²) < 4.78 is 0. The Kier molecular flexibility index (Phi) is 6.15. The number of amides is 2. The number of rotatable bonds is 5. The van der Waals surface area contributed by atoms with E-state index in [1.54, 1.807) is 18.2 Å². The second-order valence-electron chi connectivity index (χ2n) is 6.75. The van der Waals surface area contributed by atoms with E-state index in [1.807, 2.05) is 45.0 Å². The molecule has 0 aliphatic rings. The van der Waals surface area contributed by atoms with Gasteiger partial charge in [0.15, 0.2) is 0 Å². The molecule has 132 valence electrons. The largest absolute Gasteiger partial charge is 0.350 e. The first-order valence-electron chi connectivity index (χ1n) is 8.07. The molecule has 2 amide bonds. The molecular weight excluding hydrogens is 338 g/mol. The van der Waals surface area contributed by atoms with E-state index in [4.69, 9.17) is 11.6 Å². The van der Waals surface area contributed by atoms with Crippen molar-refractivity contribution in [3.8, 4) is 0 Å². The van der Waals surface area contributed by atoms with Crippen LogP contribution in [0, 0.1) is 0 Å². The topological polar surface area (TPSA) is 71.1 Å². The molecule has 0 saturated carbocycles. The second kappa shape index (κ2) is 8.12. The maximum atomic E-state index is 12.2. The van der Waals surface area contributed by atoms with E-state index in [0.717, 1.165) is 5.56 Å². The van der Waals surface area contributed by atoms with Crippen molar-refractivity contribution < 1.29 is 9.59 Å². The average molecular weight is 360 g/mol. The van der Waals surface area contributed by atoms with Gasteiger partial charge in [-0.1, -0.05) is 29.8 Å². The zero-order valence-electron chi connectivity index (χ0n) is 14.6. The Bertz CT molecular complexity index is 769. The molecule has 0 radical (unpaired) electrons. The number of carbonyl (C=O) groups excluding carboxylic acids is 2. The first kappa shape index (κ1) is 18.9. The Hall–Kier alpha value is -2.40. The van der Waals surface area contributed by atoms with Gasteiger partial charge in [-0.3, -0.25) is 9.59 Å². The van der Waals surface area contributed by atoms with Gasteiger partial charge < -0.3 is 10.6 Å². The Labute approximate surface area is 152 Å². The summed E-state index contributed by atoms with van der Waals surface area (Å²) in [5.74, 6) is -0.617. The fourth-order valence-corrected chi connectivity index (χ4v) is 2.41. The van der Waals surface area contributed by atoms with Gasteiger partial charge in [0.2, 0.25) is 0 Å². The summed E-state index contributed by atoms with van der Waals surface area (Å²) in [4.78, 5) is 28.5. The lowest BCUT2D eigenvalue weighted by Crippen LogP contribution is -2.41. The van der Waals surface area contributed by atoms with Crippen LogP contribution in [-0.2, 0) is 6.42 Å². The highest BCUT2D eigenvalue weighted by molar-refractivity contribution is 6.30. The van der Waals surface area contributed by atoms with E-state index in [0.29, 0.717) is 18.0 Å². The molecule has 0 aliphatic carbocycles. The summed E-state index contributed by atoms with van der Waals surface area (Å²) in [5, 5.41) is 6.30. The van der Waals surface area contributed by atoms with E-state index in [1.165, 1.54) is 0 Å². The van der Waals surface area contributed by atoms with Gasteiger partial charge >= 0.3 is 0 Å². The van der Waals surface area contributed by atoms with Crippen LogP contribution in [0.3, 0.4) is 0 Å². The van der Waals surface area contributed by atoms with Crippen molar-refractivity contribution in [1.82, 2.24) is 15.6 Å². The average Bonchev–Trinajstić information content (AvgIpc) is 2.53. The number of benzene rings is 1. The van der Waals surface area contributed by atoms with Gasteiger partial charge in [-0.15, -0.1) is 0 Å². The Morgan fingerprint density at radius 2 is 1.68 bits per heavy atom. The number of nitrogens with one attached hydrogen (secondary N) is 2. The normalized spacial score (nSPS) is 11.0. The minimum atomic E-state index is -0.367. The van der Waals surface area contributed by atoms with Gasteiger partial charge in [0.1, 0.15) is 11.4 Å². The standard InChI is InChI=1S/C19H22ClN3O2/c1-19(2,3)23-18(25)16-9-5-8-15(22-16)17(24)21-11-10-13-6-4-7-14(20)12-13/h4-9,12H,10-11H2,1-3H3,(H,21,24)(H,23,25). The van der Waals surface area contributed by atoms with Crippen molar-refractivity contribution in [3.05, 3.63) is 64.4 Å². The highest BCUT2D eigenvalue weighted by Gasteiger charge is 2.17. The molecule has 2 N–H and O–H groups in total. The van der Waals surface area contributed by atoms with Crippen LogP contribution in [0.4, 0.5) is 0 Å². The van der Waals surface area contributed by atoms with Gasteiger partial charge in [0.05, 0.1) is 0 Å². The van der Waals surface area contributed by atoms with Crippen molar-refractivity contribution in [2.75, 3.05) is 6.54 Å².